The molecule has 1 aromatic heterocycles. The van der Waals surface area contributed by atoms with Gasteiger partial charge in [0.1, 0.15) is 5.82 Å². The van der Waals surface area contributed by atoms with Crippen LogP contribution in [0.25, 0.3) is 0 Å². The van der Waals surface area contributed by atoms with E-state index in [1.54, 1.807) is 12.3 Å². The first-order chi connectivity index (χ1) is 9.69. The van der Waals surface area contributed by atoms with Crippen molar-refractivity contribution in [1.82, 2.24) is 9.88 Å². The molecule has 1 aromatic rings. The number of pyridine rings is 1. The molecule has 0 bridgehead atoms. The largest absolute Gasteiger partial charge is 0.375 e. The van der Waals surface area contributed by atoms with Crippen molar-refractivity contribution in [3.05, 3.63) is 24.4 Å². The number of hydrogen-bond donors (Lipinski definition) is 1. The number of amides is 1. The number of piperidine rings is 1. The summed E-state index contributed by atoms with van der Waals surface area (Å²) in [6, 6.07) is 5.38. The van der Waals surface area contributed by atoms with Crippen LogP contribution in [0, 0.1) is 0 Å². The zero-order valence-electron chi connectivity index (χ0n) is 11.8. The molecule has 3 rings (SSSR count). The standard InChI is InChI=1S/C15H21N3O2/c1-12(14(19)17-13-4-2-3-8-16-13)18-9-5-15(6-10-18)7-11-20-15/h2-4,8,12H,5-7,9-11H2,1H3,(H,16,17,19)/t12-/m1/s1. The molecule has 1 atom stereocenters. The van der Waals surface area contributed by atoms with Crippen LogP contribution in [0.15, 0.2) is 24.4 Å². The number of carbonyl (C=O) groups excluding carboxylic acids is 1. The van der Waals surface area contributed by atoms with Gasteiger partial charge in [0.05, 0.1) is 18.2 Å². The van der Waals surface area contributed by atoms with Crippen molar-refractivity contribution < 1.29 is 9.53 Å². The second-order valence-corrected chi connectivity index (χ2v) is 5.70. The van der Waals surface area contributed by atoms with E-state index in [1.807, 2.05) is 19.1 Å². The summed E-state index contributed by atoms with van der Waals surface area (Å²) < 4.78 is 5.71. The fourth-order valence-electron chi connectivity index (χ4n) is 2.94. The Morgan fingerprint density at radius 3 is 2.70 bits per heavy atom. The van der Waals surface area contributed by atoms with Crippen molar-refractivity contribution in [3.8, 4) is 0 Å². The second-order valence-electron chi connectivity index (χ2n) is 5.70. The van der Waals surface area contributed by atoms with E-state index >= 15 is 0 Å². The van der Waals surface area contributed by atoms with Crippen LogP contribution in [-0.2, 0) is 9.53 Å². The minimum absolute atomic E-state index is 0.00850. The third-order valence-electron chi connectivity index (χ3n) is 4.52. The Balaban J connectivity index is 1.53. The molecule has 2 aliphatic heterocycles. The maximum absolute atomic E-state index is 12.2. The lowest BCUT2D eigenvalue weighted by Crippen LogP contribution is -2.55. The van der Waals surface area contributed by atoms with Crippen molar-refractivity contribution in [3.63, 3.8) is 0 Å². The number of rotatable bonds is 3. The molecule has 1 N–H and O–H groups in total. The van der Waals surface area contributed by atoms with Crippen molar-refractivity contribution in [2.24, 2.45) is 0 Å². The third kappa shape index (κ3) is 2.69. The van der Waals surface area contributed by atoms with Gasteiger partial charge in [-0.2, -0.15) is 0 Å². The van der Waals surface area contributed by atoms with Crippen LogP contribution < -0.4 is 5.32 Å². The normalized spacial score (nSPS) is 23.1. The van der Waals surface area contributed by atoms with E-state index in [2.05, 4.69) is 15.2 Å². The fraction of sp³-hybridized carbons (Fsp3) is 0.600. The van der Waals surface area contributed by atoms with Gasteiger partial charge in [0, 0.05) is 19.3 Å². The lowest BCUT2D eigenvalue weighted by Gasteiger charge is -2.48. The minimum atomic E-state index is -0.130. The Hall–Kier alpha value is -1.46. The third-order valence-corrected chi connectivity index (χ3v) is 4.52. The van der Waals surface area contributed by atoms with Gasteiger partial charge in [-0.25, -0.2) is 4.98 Å². The molecule has 1 spiro atoms. The highest BCUT2D eigenvalue weighted by Crippen LogP contribution is 2.37. The SMILES string of the molecule is C[C@H](C(=O)Nc1ccccn1)N1CCC2(CCO2)CC1. The lowest BCUT2D eigenvalue weighted by atomic mass is 9.84. The lowest BCUT2D eigenvalue weighted by molar-refractivity contribution is -0.175. The van der Waals surface area contributed by atoms with E-state index < -0.39 is 0 Å². The van der Waals surface area contributed by atoms with Gasteiger partial charge >= 0.3 is 0 Å². The van der Waals surface area contributed by atoms with Crippen molar-refractivity contribution in [2.75, 3.05) is 25.0 Å². The first-order valence-electron chi connectivity index (χ1n) is 7.28. The highest BCUT2D eigenvalue weighted by Gasteiger charge is 2.42. The summed E-state index contributed by atoms with van der Waals surface area (Å²) in [4.78, 5) is 18.6. The average molecular weight is 275 g/mol. The molecule has 5 heteroatoms. The molecule has 2 aliphatic rings. The quantitative estimate of drug-likeness (QED) is 0.911. The van der Waals surface area contributed by atoms with Crippen molar-refractivity contribution in [2.45, 2.75) is 37.8 Å². The highest BCUT2D eigenvalue weighted by molar-refractivity contribution is 5.93. The van der Waals surface area contributed by atoms with Gasteiger partial charge in [-0.05, 0) is 38.3 Å². The number of nitrogens with one attached hydrogen (secondary N) is 1. The van der Waals surface area contributed by atoms with E-state index in [-0.39, 0.29) is 17.6 Å². The summed E-state index contributed by atoms with van der Waals surface area (Å²) >= 11 is 0. The maximum atomic E-state index is 12.2. The van der Waals surface area contributed by atoms with Crippen LogP contribution in [0.2, 0.25) is 0 Å². The number of aromatic nitrogens is 1. The molecule has 1 amide bonds. The molecule has 108 valence electrons. The summed E-state index contributed by atoms with van der Waals surface area (Å²) in [6.07, 6.45) is 4.93. The van der Waals surface area contributed by atoms with E-state index in [4.69, 9.17) is 4.74 Å². The molecular weight excluding hydrogens is 254 g/mol. The van der Waals surface area contributed by atoms with E-state index in [9.17, 15) is 4.79 Å². The molecular formula is C15H21N3O2. The van der Waals surface area contributed by atoms with Crippen LogP contribution in [0.5, 0.6) is 0 Å². The molecule has 2 fully saturated rings. The first kappa shape index (κ1) is 13.5. The number of likely N-dealkylation sites (tertiary alicyclic amines) is 1. The number of carbonyl (C=O) groups is 1. The summed E-state index contributed by atoms with van der Waals surface area (Å²) in [6.45, 7) is 4.71. The molecule has 0 aromatic carbocycles. The molecule has 5 nitrogen and oxygen atoms in total. The molecule has 20 heavy (non-hydrogen) atoms. The first-order valence-corrected chi connectivity index (χ1v) is 7.28. The van der Waals surface area contributed by atoms with Crippen molar-refractivity contribution in [1.29, 1.82) is 0 Å². The molecule has 2 saturated heterocycles. The molecule has 0 aliphatic carbocycles. The topological polar surface area (TPSA) is 54.5 Å². The van der Waals surface area contributed by atoms with Gasteiger partial charge in [-0.1, -0.05) is 6.07 Å². The van der Waals surface area contributed by atoms with E-state index in [0.29, 0.717) is 5.82 Å². The predicted molar refractivity (Wildman–Crippen MR) is 76.4 cm³/mol. The Labute approximate surface area is 119 Å². The average Bonchev–Trinajstić information content (AvgIpc) is 2.46. The Morgan fingerprint density at radius 2 is 2.15 bits per heavy atom. The van der Waals surface area contributed by atoms with E-state index in [0.717, 1.165) is 32.5 Å². The van der Waals surface area contributed by atoms with Gasteiger partial charge in [0.25, 0.3) is 0 Å². The summed E-state index contributed by atoms with van der Waals surface area (Å²) in [5, 5.41) is 2.86. The highest BCUT2D eigenvalue weighted by atomic mass is 16.5. The summed E-state index contributed by atoms with van der Waals surface area (Å²) in [5.74, 6) is 0.620. The van der Waals surface area contributed by atoms with Gasteiger partial charge < -0.3 is 10.1 Å². The smallest absolute Gasteiger partial charge is 0.242 e. The minimum Gasteiger partial charge on any atom is -0.375 e. The number of hydrogen-bond acceptors (Lipinski definition) is 4. The van der Waals surface area contributed by atoms with Crippen LogP contribution in [-0.4, -0.2) is 47.1 Å². The summed E-state index contributed by atoms with van der Waals surface area (Å²) in [5.41, 5.74) is 0.133. The van der Waals surface area contributed by atoms with Crippen LogP contribution >= 0.6 is 0 Å². The fourth-order valence-corrected chi connectivity index (χ4v) is 2.94. The zero-order valence-corrected chi connectivity index (χ0v) is 11.8. The number of nitrogens with zero attached hydrogens (tertiary/aromatic N) is 2. The zero-order chi connectivity index (χ0) is 14.0. The molecule has 3 heterocycles. The monoisotopic (exact) mass is 275 g/mol. The Morgan fingerprint density at radius 1 is 1.40 bits per heavy atom. The van der Waals surface area contributed by atoms with Gasteiger partial charge in [0.15, 0.2) is 0 Å². The maximum Gasteiger partial charge on any atom is 0.242 e. The predicted octanol–water partition coefficient (Wildman–Crippen LogP) is 1.66. The van der Waals surface area contributed by atoms with E-state index in [1.165, 1.54) is 6.42 Å². The Kier molecular flexibility index (Phi) is 3.72. The van der Waals surface area contributed by atoms with Gasteiger partial charge in [-0.3, -0.25) is 9.69 Å². The Bertz CT molecular complexity index is 463. The van der Waals surface area contributed by atoms with Crippen molar-refractivity contribution >= 4 is 11.7 Å². The molecule has 0 radical (unpaired) electrons. The van der Waals surface area contributed by atoms with Crippen LogP contribution in [0.4, 0.5) is 5.82 Å². The number of ether oxygens (including phenoxy) is 1. The number of anilines is 1. The van der Waals surface area contributed by atoms with Gasteiger partial charge in [-0.15, -0.1) is 0 Å². The van der Waals surface area contributed by atoms with Crippen LogP contribution in [0.1, 0.15) is 26.2 Å². The summed E-state index contributed by atoms with van der Waals surface area (Å²) in [7, 11) is 0. The van der Waals surface area contributed by atoms with Crippen LogP contribution in [0.3, 0.4) is 0 Å². The second kappa shape index (κ2) is 5.50. The molecule has 0 unspecified atom stereocenters. The van der Waals surface area contributed by atoms with Gasteiger partial charge in [0.2, 0.25) is 5.91 Å². The molecule has 0 saturated carbocycles.